The van der Waals surface area contributed by atoms with Gasteiger partial charge in [0.05, 0.1) is 29.8 Å². The number of carbonyl (C=O) groups is 2. The first-order valence-corrected chi connectivity index (χ1v) is 7.63. The number of hydrogen-bond donors (Lipinski definition) is 0. The van der Waals surface area contributed by atoms with Crippen LogP contribution in [0, 0.1) is 11.1 Å². The number of nitrogens with zero attached hydrogens (tertiary/aromatic N) is 1. The maximum Gasteiger partial charge on any atom is 0.338 e. The van der Waals surface area contributed by atoms with Crippen LogP contribution < -0.4 is 0 Å². The molecular weight excluding hydrogens is 298 g/mol. The number of esters is 2. The van der Waals surface area contributed by atoms with Crippen molar-refractivity contribution < 1.29 is 27.8 Å². The second-order valence-corrected chi connectivity index (χ2v) is 6.10. The van der Waals surface area contributed by atoms with Crippen LogP contribution in [0.5, 0.6) is 0 Å². The van der Waals surface area contributed by atoms with Crippen molar-refractivity contribution in [1.82, 2.24) is 0 Å². The minimum absolute atomic E-state index is 0.0245. The number of carbonyl (C=O) groups excluding carboxylic acids is 2. The first-order valence-electron chi connectivity index (χ1n) is 9.13. The van der Waals surface area contributed by atoms with Gasteiger partial charge in [0.1, 0.15) is 18.1 Å². The molecule has 2 bridgehead atoms. The van der Waals surface area contributed by atoms with Crippen LogP contribution in [0.2, 0.25) is 0 Å². The molecule has 3 rings (SSSR count). The van der Waals surface area contributed by atoms with Crippen molar-refractivity contribution >= 4 is 11.9 Å². The molecule has 6 heteroatoms. The molecule has 0 aromatic heterocycles. The normalized spacial score (nSPS) is 38.1. The lowest BCUT2D eigenvalue weighted by Gasteiger charge is -2.52. The summed E-state index contributed by atoms with van der Waals surface area (Å²) < 4.78 is 32.0. The Bertz CT molecular complexity index is 695. The molecule has 124 valence electrons. The summed E-state index contributed by atoms with van der Waals surface area (Å²) in [4.78, 5) is 24.7. The van der Waals surface area contributed by atoms with E-state index in [2.05, 4.69) is 0 Å². The van der Waals surface area contributed by atoms with E-state index in [4.69, 9.17) is 13.6 Å². The summed E-state index contributed by atoms with van der Waals surface area (Å²) in [6.07, 6.45) is -0.197. The van der Waals surface area contributed by atoms with Gasteiger partial charge in [-0.05, 0) is 12.1 Å². The molecule has 1 aromatic carbocycles. The number of fused-ring (bicyclic) bond motifs is 2. The van der Waals surface area contributed by atoms with E-state index in [-0.39, 0.29) is 12.8 Å². The van der Waals surface area contributed by atoms with Gasteiger partial charge in [0.15, 0.2) is 0 Å². The van der Waals surface area contributed by atoms with Gasteiger partial charge in [-0.1, -0.05) is 18.2 Å². The van der Waals surface area contributed by atoms with Crippen LogP contribution in [0.4, 0.5) is 0 Å². The van der Waals surface area contributed by atoms with Gasteiger partial charge in [0.25, 0.3) is 0 Å². The Morgan fingerprint density at radius 1 is 1.30 bits per heavy atom. The van der Waals surface area contributed by atoms with E-state index in [0.717, 1.165) is 0 Å². The van der Waals surface area contributed by atoms with E-state index >= 15 is 0 Å². The molecule has 0 N–H and O–H groups in total. The van der Waals surface area contributed by atoms with Crippen molar-refractivity contribution in [3.63, 3.8) is 0 Å². The van der Waals surface area contributed by atoms with Crippen molar-refractivity contribution in [3.05, 3.63) is 41.1 Å². The summed E-state index contributed by atoms with van der Waals surface area (Å²) >= 11 is 0. The number of hydrogen-bond acceptors (Lipinski definition) is 5. The average molecular weight is 322 g/mol. The molecule has 0 unspecified atom stereocenters. The fourth-order valence-electron chi connectivity index (χ4n) is 3.72. The molecule has 2 heterocycles. The maximum atomic E-state index is 13.2. The van der Waals surface area contributed by atoms with Crippen LogP contribution in [0.25, 0.3) is 0 Å². The lowest BCUT2D eigenvalue weighted by atomic mass is 9.87. The highest BCUT2D eigenvalue weighted by Gasteiger charge is 2.57. The Balaban J connectivity index is 1.90. The lowest BCUT2D eigenvalue weighted by molar-refractivity contribution is -0.906. The van der Waals surface area contributed by atoms with Crippen molar-refractivity contribution in [1.29, 1.82) is 0 Å². The molecular formula is C17H21NO5. The van der Waals surface area contributed by atoms with Crippen molar-refractivity contribution in [2.24, 2.45) is 5.92 Å². The highest BCUT2D eigenvalue weighted by molar-refractivity contribution is 5.89. The Labute approximate surface area is 139 Å². The zero-order valence-corrected chi connectivity index (χ0v) is 12.8. The number of methoxy groups -OCH3 is 1. The van der Waals surface area contributed by atoms with Crippen LogP contribution >= 0.6 is 0 Å². The quantitative estimate of drug-likeness (QED) is 0.482. The smallest absolute Gasteiger partial charge is 0.338 e. The monoisotopic (exact) mass is 322 g/mol. The minimum atomic E-state index is -2.80. The summed E-state index contributed by atoms with van der Waals surface area (Å²) in [5.74, 6) is -2.42. The van der Waals surface area contributed by atoms with E-state index in [1.54, 1.807) is 30.3 Å². The number of ether oxygens (including phenoxy) is 2. The molecule has 23 heavy (non-hydrogen) atoms. The number of hydroxylamine groups is 3. The zero-order chi connectivity index (χ0) is 19.1. The predicted molar refractivity (Wildman–Crippen MR) is 82.1 cm³/mol. The number of piperidine rings is 1. The van der Waals surface area contributed by atoms with Crippen molar-refractivity contribution in [2.45, 2.75) is 37.5 Å². The topological polar surface area (TPSA) is 75.7 Å². The van der Waals surface area contributed by atoms with Gasteiger partial charge in [0, 0.05) is 19.3 Å². The third-order valence-electron chi connectivity index (χ3n) is 4.89. The molecule has 2 aliphatic heterocycles. The number of rotatable bonds is 3. The van der Waals surface area contributed by atoms with E-state index in [0.29, 0.717) is 12.0 Å². The predicted octanol–water partition coefficient (Wildman–Crippen LogP) is 1.88. The van der Waals surface area contributed by atoms with Gasteiger partial charge >= 0.3 is 11.9 Å². The third-order valence-corrected chi connectivity index (χ3v) is 4.89. The maximum absolute atomic E-state index is 13.2. The van der Waals surface area contributed by atoms with Crippen LogP contribution in [0.1, 0.15) is 33.7 Å². The van der Waals surface area contributed by atoms with E-state index in [1.165, 1.54) is 7.11 Å². The van der Waals surface area contributed by atoms with Gasteiger partial charge in [-0.15, -0.1) is 0 Å². The van der Waals surface area contributed by atoms with Gasteiger partial charge in [-0.3, -0.25) is 4.79 Å². The van der Waals surface area contributed by atoms with Crippen LogP contribution in [-0.2, 0) is 14.3 Å². The fourth-order valence-corrected chi connectivity index (χ4v) is 3.72. The molecule has 0 amide bonds. The lowest BCUT2D eigenvalue weighted by Crippen LogP contribution is -2.61. The number of quaternary nitrogens is 1. The van der Waals surface area contributed by atoms with Crippen LogP contribution in [-0.4, -0.2) is 48.9 Å². The molecule has 1 aromatic rings. The summed E-state index contributed by atoms with van der Waals surface area (Å²) in [7, 11) is 1.17. The average Bonchev–Trinajstić information content (AvgIpc) is 2.81. The van der Waals surface area contributed by atoms with Crippen molar-refractivity contribution in [2.75, 3.05) is 14.1 Å². The second kappa shape index (κ2) is 5.94. The molecule has 2 fully saturated rings. The SMILES string of the molecule is [2H]C([2H])([2H])[N@+]1([O-])[C@H]2CC[C@@H]1[C@@H](C(=O)OC)[C@@H](OC(=O)c1ccccc1)C2. The molecule has 5 atom stereocenters. The highest BCUT2D eigenvalue weighted by Crippen LogP contribution is 2.45. The first-order chi connectivity index (χ1) is 12.2. The molecule has 2 aliphatic rings. The van der Waals surface area contributed by atoms with Gasteiger partial charge in [-0.2, -0.15) is 0 Å². The number of benzene rings is 1. The third kappa shape index (κ3) is 2.72. The van der Waals surface area contributed by atoms with E-state index in [1.807, 2.05) is 0 Å². The summed E-state index contributed by atoms with van der Waals surface area (Å²) in [5.41, 5.74) is 0.327. The van der Waals surface area contributed by atoms with Crippen molar-refractivity contribution in [3.8, 4) is 0 Å². The Morgan fingerprint density at radius 2 is 2.04 bits per heavy atom. The summed E-state index contributed by atoms with van der Waals surface area (Å²) in [5, 5.41) is 13.2. The zero-order valence-electron chi connectivity index (χ0n) is 15.8. The van der Waals surface area contributed by atoms with E-state index < -0.39 is 47.7 Å². The van der Waals surface area contributed by atoms with Gasteiger partial charge in [-0.25, -0.2) is 4.79 Å². The van der Waals surface area contributed by atoms with Gasteiger partial charge in [0.2, 0.25) is 0 Å². The fraction of sp³-hybridized carbons (Fsp3) is 0.529. The summed E-state index contributed by atoms with van der Waals surface area (Å²) in [6.45, 7) is -2.80. The molecule has 0 aliphatic carbocycles. The van der Waals surface area contributed by atoms with Crippen LogP contribution in [0.3, 0.4) is 0 Å². The van der Waals surface area contributed by atoms with Crippen LogP contribution in [0.15, 0.2) is 30.3 Å². The largest absolute Gasteiger partial charge is 0.633 e. The Hall–Kier alpha value is -1.92. The Kier molecular flexibility index (Phi) is 3.23. The molecule has 6 nitrogen and oxygen atoms in total. The molecule has 0 spiro atoms. The highest BCUT2D eigenvalue weighted by atomic mass is 16.6. The Morgan fingerprint density at radius 3 is 2.70 bits per heavy atom. The standard InChI is InChI=1S/C17H21NO5/c1-18(21)12-8-9-13(18)15(17(20)22-2)14(10-12)23-16(19)11-6-4-3-5-7-11/h3-7,12-15H,8-10H2,1-2H3/t12-,13+,14-,15+,18-/m0/s1/i1D3. The molecule has 0 radical (unpaired) electrons. The first kappa shape index (κ1) is 12.5. The van der Waals surface area contributed by atoms with E-state index in [9.17, 15) is 14.8 Å². The second-order valence-electron chi connectivity index (χ2n) is 6.10. The minimum Gasteiger partial charge on any atom is -0.633 e. The molecule has 0 saturated carbocycles. The summed E-state index contributed by atoms with van der Waals surface area (Å²) in [6, 6.07) is 6.56. The van der Waals surface area contributed by atoms with Gasteiger partial charge < -0.3 is 19.3 Å². The molecule has 2 saturated heterocycles.